The molecule has 0 saturated heterocycles. The fraction of sp³-hybridized carbons (Fsp3) is 0.263. The van der Waals surface area contributed by atoms with Crippen LogP contribution in [-0.2, 0) is 10.0 Å². The maximum atomic E-state index is 12.8. The summed E-state index contributed by atoms with van der Waals surface area (Å²) in [5.74, 6) is -0.799. The van der Waals surface area contributed by atoms with Crippen LogP contribution in [0.15, 0.2) is 50.3 Å². The minimum Gasteiger partial charge on any atom is -0.451 e. The molecule has 0 atom stereocenters. The number of rotatable bonds is 6. The molecule has 2 N–H and O–H groups in total. The molecule has 10 heteroatoms. The number of aromatic nitrogens is 1. The number of nitrogens with zero attached hydrogens (tertiary/aromatic N) is 2. The summed E-state index contributed by atoms with van der Waals surface area (Å²) in [6.07, 6.45) is 1.48. The van der Waals surface area contributed by atoms with Gasteiger partial charge in [0.1, 0.15) is 16.3 Å². The minimum absolute atomic E-state index is 0.0467. The van der Waals surface area contributed by atoms with Crippen molar-refractivity contribution in [3.8, 4) is 0 Å². The predicted octanol–water partition coefficient (Wildman–Crippen LogP) is 3.60. The second kappa shape index (κ2) is 8.03. The van der Waals surface area contributed by atoms with E-state index >= 15 is 0 Å². The molecule has 29 heavy (non-hydrogen) atoms. The zero-order valence-corrected chi connectivity index (χ0v) is 18.8. The SMILES string of the molecule is CC(C)Nc1ncc(Br)cc1S(=O)(=O)NC(=O)c1cc2ccc(N(C)C)cc2o1. The molecule has 0 aliphatic rings. The molecule has 1 amide bonds. The van der Waals surface area contributed by atoms with Crippen molar-refractivity contribution in [2.45, 2.75) is 24.8 Å². The van der Waals surface area contributed by atoms with Crippen LogP contribution in [0.5, 0.6) is 0 Å². The van der Waals surface area contributed by atoms with Crippen LogP contribution in [0.25, 0.3) is 11.0 Å². The Labute approximate surface area is 177 Å². The normalized spacial score (nSPS) is 11.7. The first kappa shape index (κ1) is 21.1. The topological polar surface area (TPSA) is 105 Å². The molecule has 0 aliphatic heterocycles. The number of pyridine rings is 1. The van der Waals surface area contributed by atoms with Crippen molar-refractivity contribution >= 4 is 54.3 Å². The number of hydrogen-bond donors (Lipinski definition) is 2. The number of nitrogens with one attached hydrogen (secondary N) is 2. The first-order chi connectivity index (χ1) is 13.6. The van der Waals surface area contributed by atoms with Gasteiger partial charge in [-0.2, -0.15) is 0 Å². The standard InChI is InChI=1S/C19H21BrN4O4S/c1-11(2)22-18-17(8-13(20)10-21-18)29(26,27)23-19(25)16-7-12-5-6-14(24(3)4)9-15(12)28-16/h5-11H,1-4H3,(H,21,22)(H,23,25). The molecule has 2 heterocycles. The van der Waals surface area contributed by atoms with Crippen LogP contribution < -0.4 is 14.9 Å². The number of carbonyl (C=O) groups excluding carboxylic acids is 1. The van der Waals surface area contributed by atoms with Crippen LogP contribution in [0.2, 0.25) is 0 Å². The molecular weight excluding hydrogens is 460 g/mol. The fourth-order valence-electron chi connectivity index (χ4n) is 2.64. The first-order valence-electron chi connectivity index (χ1n) is 8.77. The van der Waals surface area contributed by atoms with Crippen LogP contribution in [0, 0.1) is 0 Å². The highest BCUT2D eigenvalue weighted by Crippen LogP contribution is 2.26. The average Bonchev–Trinajstić information content (AvgIpc) is 3.05. The smallest absolute Gasteiger partial charge is 0.300 e. The summed E-state index contributed by atoms with van der Waals surface area (Å²) in [7, 11) is -0.412. The van der Waals surface area contributed by atoms with Crippen LogP contribution in [-0.4, -0.2) is 39.4 Å². The van der Waals surface area contributed by atoms with Gasteiger partial charge in [0.15, 0.2) is 5.76 Å². The van der Waals surface area contributed by atoms with Gasteiger partial charge in [0.2, 0.25) is 0 Å². The number of sulfonamides is 1. The van der Waals surface area contributed by atoms with Crippen molar-refractivity contribution in [1.82, 2.24) is 9.71 Å². The molecule has 8 nitrogen and oxygen atoms in total. The van der Waals surface area contributed by atoms with E-state index in [9.17, 15) is 13.2 Å². The number of hydrogen-bond acceptors (Lipinski definition) is 7. The highest BCUT2D eigenvalue weighted by atomic mass is 79.9. The van der Waals surface area contributed by atoms with Gasteiger partial charge in [-0.15, -0.1) is 0 Å². The lowest BCUT2D eigenvalue weighted by atomic mass is 10.2. The monoisotopic (exact) mass is 480 g/mol. The molecule has 0 fully saturated rings. The van der Waals surface area contributed by atoms with Crippen molar-refractivity contribution in [3.63, 3.8) is 0 Å². The van der Waals surface area contributed by atoms with E-state index in [1.165, 1.54) is 18.3 Å². The summed E-state index contributed by atoms with van der Waals surface area (Å²) in [5, 5.41) is 3.67. The van der Waals surface area contributed by atoms with Crippen LogP contribution >= 0.6 is 15.9 Å². The van der Waals surface area contributed by atoms with Gasteiger partial charge in [-0.05, 0) is 54.0 Å². The number of carbonyl (C=O) groups is 1. The van der Waals surface area contributed by atoms with E-state index in [0.29, 0.717) is 15.4 Å². The molecule has 0 radical (unpaired) electrons. The van der Waals surface area contributed by atoms with E-state index in [0.717, 1.165) is 5.69 Å². The zero-order chi connectivity index (χ0) is 21.3. The third kappa shape index (κ3) is 4.70. The predicted molar refractivity (Wildman–Crippen MR) is 116 cm³/mol. The Bertz CT molecular complexity index is 1170. The first-order valence-corrected chi connectivity index (χ1v) is 11.0. The Morgan fingerprint density at radius 1 is 1.21 bits per heavy atom. The number of amides is 1. The number of halogens is 1. The summed E-state index contributed by atoms with van der Waals surface area (Å²) >= 11 is 3.22. The Kier molecular flexibility index (Phi) is 5.85. The third-order valence-electron chi connectivity index (χ3n) is 4.01. The summed E-state index contributed by atoms with van der Waals surface area (Å²) in [4.78, 5) is 18.5. The number of anilines is 2. The van der Waals surface area contributed by atoms with Crippen molar-refractivity contribution in [3.05, 3.63) is 46.8 Å². The Morgan fingerprint density at radius 2 is 1.93 bits per heavy atom. The summed E-state index contributed by atoms with van der Waals surface area (Å²) in [6.45, 7) is 3.71. The van der Waals surface area contributed by atoms with Crippen LogP contribution in [0.1, 0.15) is 24.4 Å². The van der Waals surface area contributed by atoms with E-state index in [4.69, 9.17) is 4.42 Å². The molecule has 1 aromatic carbocycles. The number of furan rings is 1. The van der Waals surface area contributed by atoms with Crippen LogP contribution in [0.4, 0.5) is 11.5 Å². The van der Waals surface area contributed by atoms with Crippen molar-refractivity contribution < 1.29 is 17.6 Å². The summed E-state index contributed by atoms with van der Waals surface area (Å²) in [6, 6.07) is 8.31. The van der Waals surface area contributed by atoms with Gasteiger partial charge in [-0.3, -0.25) is 4.79 Å². The minimum atomic E-state index is -4.19. The Balaban J connectivity index is 1.92. The molecule has 0 unspecified atom stereocenters. The average molecular weight is 481 g/mol. The highest BCUT2D eigenvalue weighted by molar-refractivity contribution is 9.10. The van der Waals surface area contributed by atoms with E-state index in [1.807, 2.05) is 45.0 Å². The molecule has 0 spiro atoms. The number of fused-ring (bicyclic) bond motifs is 1. The lowest BCUT2D eigenvalue weighted by Crippen LogP contribution is -2.31. The van der Waals surface area contributed by atoms with E-state index in [-0.39, 0.29) is 22.5 Å². The van der Waals surface area contributed by atoms with Crippen molar-refractivity contribution in [2.24, 2.45) is 0 Å². The van der Waals surface area contributed by atoms with Gasteiger partial charge in [-0.1, -0.05) is 0 Å². The zero-order valence-electron chi connectivity index (χ0n) is 16.4. The molecule has 3 aromatic rings. The quantitative estimate of drug-likeness (QED) is 0.555. The molecular formula is C19H21BrN4O4S. The molecule has 154 valence electrons. The van der Waals surface area contributed by atoms with Gasteiger partial charge < -0.3 is 14.6 Å². The van der Waals surface area contributed by atoms with Gasteiger partial charge in [-0.25, -0.2) is 18.1 Å². The second-order valence-corrected chi connectivity index (χ2v) is 9.53. The van der Waals surface area contributed by atoms with Crippen molar-refractivity contribution in [2.75, 3.05) is 24.3 Å². The van der Waals surface area contributed by atoms with E-state index in [1.54, 1.807) is 6.07 Å². The van der Waals surface area contributed by atoms with Gasteiger partial charge in [0, 0.05) is 47.9 Å². The lowest BCUT2D eigenvalue weighted by Gasteiger charge is -2.14. The largest absolute Gasteiger partial charge is 0.451 e. The summed E-state index contributed by atoms with van der Waals surface area (Å²) in [5.41, 5.74) is 1.39. The molecule has 0 bridgehead atoms. The maximum Gasteiger partial charge on any atom is 0.300 e. The highest BCUT2D eigenvalue weighted by Gasteiger charge is 2.25. The Hall–Kier alpha value is -2.59. The molecule has 2 aromatic heterocycles. The van der Waals surface area contributed by atoms with E-state index in [2.05, 4.69) is 31.0 Å². The summed E-state index contributed by atoms with van der Waals surface area (Å²) < 4.78 is 33.8. The molecule has 0 aliphatic carbocycles. The van der Waals surface area contributed by atoms with Crippen LogP contribution in [0.3, 0.4) is 0 Å². The second-order valence-electron chi connectivity index (χ2n) is 6.96. The van der Waals surface area contributed by atoms with Crippen molar-refractivity contribution in [1.29, 1.82) is 0 Å². The lowest BCUT2D eigenvalue weighted by molar-refractivity contribution is 0.0956. The van der Waals surface area contributed by atoms with Gasteiger partial charge in [0.25, 0.3) is 10.0 Å². The molecule has 0 saturated carbocycles. The van der Waals surface area contributed by atoms with Gasteiger partial charge in [0.05, 0.1) is 0 Å². The van der Waals surface area contributed by atoms with Gasteiger partial charge >= 0.3 is 5.91 Å². The van der Waals surface area contributed by atoms with E-state index < -0.39 is 15.9 Å². The Morgan fingerprint density at radius 3 is 2.59 bits per heavy atom. The third-order valence-corrected chi connectivity index (χ3v) is 5.78. The maximum absolute atomic E-state index is 12.8. The fourth-order valence-corrected chi connectivity index (χ4v) is 4.23. The molecule has 3 rings (SSSR count). The number of benzene rings is 1.